The second-order valence-electron chi connectivity index (χ2n) is 6.89. The lowest BCUT2D eigenvalue weighted by atomic mass is 10.1. The molecule has 2 aromatic carbocycles. The molecule has 0 saturated carbocycles. The van der Waals surface area contributed by atoms with E-state index in [1.165, 1.54) is 4.90 Å². The molecule has 1 heterocycles. The van der Waals surface area contributed by atoms with E-state index in [0.717, 1.165) is 16.7 Å². The van der Waals surface area contributed by atoms with E-state index in [0.29, 0.717) is 5.69 Å². The summed E-state index contributed by atoms with van der Waals surface area (Å²) in [6.45, 7) is 4.17. The van der Waals surface area contributed by atoms with Crippen molar-refractivity contribution in [2.24, 2.45) is 0 Å². The molecule has 1 saturated heterocycles. The SMILES string of the molecule is Cc1ccc(NC(=O)[C@@H]2C[C@@H](O)CN2C(=O)OCc2ccccc2)cc1C. The molecule has 27 heavy (non-hydrogen) atoms. The minimum absolute atomic E-state index is 0.0820. The molecule has 2 N–H and O–H groups in total. The second-order valence-corrected chi connectivity index (χ2v) is 6.89. The van der Waals surface area contributed by atoms with Gasteiger partial charge in [0.05, 0.1) is 12.6 Å². The van der Waals surface area contributed by atoms with Crippen molar-refractivity contribution in [3.8, 4) is 0 Å². The predicted molar refractivity (Wildman–Crippen MR) is 102 cm³/mol. The van der Waals surface area contributed by atoms with Crippen LogP contribution in [-0.4, -0.2) is 40.7 Å². The lowest BCUT2D eigenvalue weighted by Crippen LogP contribution is -2.43. The molecule has 1 aliphatic rings. The van der Waals surface area contributed by atoms with E-state index < -0.39 is 18.2 Å². The quantitative estimate of drug-likeness (QED) is 0.870. The highest BCUT2D eigenvalue weighted by Gasteiger charge is 2.39. The van der Waals surface area contributed by atoms with E-state index in [1.54, 1.807) is 0 Å². The lowest BCUT2D eigenvalue weighted by molar-refractivity contribution is -0.120. The van der Waals surface area contributed by atoms with Gasteiger partial charge < -0.3 is 15.2 Å². The van der Waals surface area contributed by atoms with Crippen LogP contribution in [0.25, 0.3) is 0 Å². The maximum absolute atomic E-state index is 12.7. The Morgan fingerprint density at radius 1 is 1.15 bits per heavy atom. The Balaban J connectivity index is 1.64. The van der Waals surface area contributed by atoms with Gasteiger partial charge in [-0.2, -0.15) is 0 Å². The molecule has 2 aromatic rings. The zero-order valence-electron chi connectivity index (χ0n) is 15.5. The highest BCUT2D eigenvalue weighted by molar-refractivity contribution is 5.97. The number of anilines is 1. The normalized spacial score (nSPS) is 19.0. The minimum Gasteiger partial charge on any atom is -0.445 e. The third-order valence-corrected chi connectivity index (χ3v) is 4.80. The first-order valence-corrected chi connectivity index (χ1v) is 8.97. The summed E-state index contributed by atoms with van der Waals surface area (Å²) in [4.78, 5) is 26.4. The number of ether oxygens (including phenoxy) is 1. The third kappa shape index (κ3) is 4.65. The Morgan fingerprint density at radius 2 is 1.89 bits per heavy atom. The molecule has 0 unspecified atom stereocenters. The van der Waals surface area contributed by atoms with Crippen molar-refractivity contribution in [2.75, 3.05) is 11.9 Å². The van der Waals surface area contributed by atoms with Gasteiger partial charge in [-0.15, -0.1) is 0 Å². The standard InChI is InChI=1S/C21H24N2O4/c1-14-8-9-17(10-15(14)2)22-20(25)19-11-18(24)12-23(19)21(26)27-13-16-6-4-3-5-7-16/h3-10,18-19,24H,11-13H2,1-2H3,(H,22,25)/t18-,19+/m1/s1. The number of amides is 2. The number of hydrogen-bond acceptors (Lipinski definition) is 4. The topological polar surface area (TPSA) is 78.9 Å². The van der Waals surface area contributed by atoms with Crippen LogP contribution in [0.3, 0.4) is 0 Å². The fraction of sp³-hybridized carbons (Fsp3) is 0.333. The lowest BCUT2D eigenvalue weighted by Gasteiger charge is -2.23. The number of aliphatic hydroxyl groups excluding tert-OH is 1. The Kier molecular flexibility index (Phi) is 5.76. The van der Waals surface area contributed by atoms with E-state index in [9.17, 15) is 14.7 Å². The number of aryl methyl sites for hydroxylation is 2. The van der Waals surface area contributed by atoms with Gasteiger partial charge in [0, 0.05) is 12.1 Å². The van der Waals surface area contributed by atoms with Crippen molar-refractivity contribution in [1.29, 1.82) is 0 Å². The Labute approximate surface area is 158 Å². The van der Waals surface area contributed by atoms with Crippen LogP contribution in [0.5, 0.6) is 0 Å². The van der Waals surface area contributed by atoms with Gasteiger partial charge in [-0.05, 0) is 42.7 Å². The Hall–Kier alpha value is -2.86. The maximum Gasteiger partial charge on any atom is 0.410 e. The van der Waals surface area contributed by atoms with Crippen LogP contribution in [-0.2, 0) is 16.1 Å². The van der Waals surface area contributed by atoms with Crippen LogP contribution < -0.4 is 5.32 Å². The summed E-state index contributed by atoms with van der Waals surface area (Å²) in [5.41, 5.74) is 3.73. The number of hydrogen-bond donors (Lipinski definition) is 2. The van der Waals surface area contributed by atoms with Gasteiger partial charge in [0.15, 0.2) is 0 Å². The average molecular weight is 368 g/mol. The molecule has 0 aliphatic carbocycles. The summed E-state index contributed by atoms with van der Waals surface area (Å²) in [6.07, 6.45) is -1.16. The van der Waals surface area contributed by atoms with Gasteiger partial charge in [-0.25, -0.2) is 4.79 Å². The summed E-state index contributed by atoms with van der Waals surface area (Å²) in [7, 11) is 0. The van der Waals surface area contributed by atoms with Crippen LogP contribution in [0.1, 0.15) is 23.1 Å². The van der Waals surface area contributed by atoms with E-state index >= 15 is 0 Å². The monoisotopic (exact) mass is 368 g/mol. The molecule has 0 spiro atoms. The van der Waals surface area contributed by atoms with Gasteiger partial charge in [0.25, 0.3) is 0 Å². The first-order valence-electron chi connectivity index (χ1n) is 8.97. The predicted octanol–water partition coefficient (Wildman–Crippen LogP) is 3.01. The summed E-state index contributed by atoms with van der Waals surface area (Å²) in [5.74, 6) is -0.327. The molecule has 0 radical (unpaired) electrons. The number of β-amino-alcohol motifs (C(OH)–C–C–N with tert-alkyl or cyclic N) is 1. The molecule has 2 amide bonds. The summed E-state index contributed by atoms with van der Waals surface area (Å²) < 4.78 is 5.32. The van der Waals surface area contributed by atoms with Crippen molar-refractivity contribution in [3.05, 3.63) is 65.2 Å². The van der Waals surface area contributed by atoms with Crippen LogP contribution >= 0.6 is 0 Å². The number of carbonyl (C=O) groups excluding carboxylic acids is 2. The van der Waals surface area contributed by atoms with E-state index in [-0.39, 0.29) is 25.5 Å². The summed E-state index contributed by atoms with van der Waals surface area (Å²) >= 11 is 0. The molecular formula is C21H24N2O4. The van der Waals surface area contributed by atoms with Crippen molar-refractivity contribution >= 4 is 17.7 Å². The van der Waals surface area contributed by atoms with Gasteiger partial charge in [-0.1, -0.05) is 36.4 Å². The molecule has 1 aliphatic heterocycles. The maximum atomic E-state index is 12.7. The fourth-order valence-electron chi connectivity index (χ4n) is 3.11. The van der Waals surface area contributed by atoms with Crippen LogP contribution in [0.2, 0.25) is 0 Å². The highest BCUT2D eigenvalue weighted by Crippen LogP contribution is 2.22. The number of nitrogens with zero attached hydrogens (tertiary/aromatic N) is 1. The van der Waals surface area contributed by atoms with E-state index in [1.807, 2.05) is 62.4 Å². The first kappa shape index (κ1) is 18.9. The molecule has 142 valence electrons. The van der Waals surface area contributed by atoms with Crippen molar-refractivity contribution in [3.63, 3.8) is 0 Å². The average Bonchev–Trinajstić information content (AvgIpc) is 3.06. The summed E-state index contributed by atoms with van der Waals surface area (Å²) in [5, 5.41) is 12.8. The fourth-order valence-corrected chi connectivity index (χ4v) is 3.11. The smallest absolute Gasteiger partial charge is 0.410 e. The van der Waals surface area contributed by atoms with Crippen LogP contribution in [0.15, 0.2) is 48.5 Å². The van der Waals surface area contributed by atoms with Crippen molar-refractivity contribution in [1.82, 2.24) is 4.90 Å². The number of nitrogens with one attached hydrogen (secondary N) is 1. The van der Waals surface area contributed by atoms with Gasteiger partial charge in [-0.3, -0.25) is 9.69 Å². The highest BCUT2D eigenvalue weighted by atomic mass is 16.6. The van der Waals surface area contributed by atoms with Gasteiger partial charge in [0.1, 0.15) is 12.6 Å². The molecule has 6 heteroatoms. The first-order chi connectivity index (χ1) is 12.9. The largest absolute Gasteiger partial charge is 0.445 e. The molecule has 3 rings (SSSR count). The Morgan fingerprint density at radius 3 is 2.59 bits per heavy atom. The number of carbonyl (C=O) groups is 2. The zero-order valence-corrected chi connectivity index (χ0v) is 15.5. The number of likely N-dealkylation sites (tertiary alicyclic amines) is 1. The molecule has 0 aromatic heterocycles. The molecule has 1 fully saturated rings. The second kappa shape index (κ2) is 8.22. The molecule has 0 bridgehead atoms. The Bertz CT molecular complexity index is 822. The number of benzene rings is 2. The van der Waals surface area contributed by atoms with E-state index in [4.69, 9.17) is 4.74 Å². The molecule has 6 nitrogen and oxygen atoms in total. The number of aliphatic hydroxyl groups is 1. The molecular weight excluding hydrogens is 344 g/mol. The number of rotatable bonds is 4. The molecule has 2 atom stereocenters. The summed E-state index contributed by atoms with van der Waals surface area (Å²) in [6, 6.07) is 14.2. The zero-order chi connectivity index (χ0) is 19.4. The minimum atomic E-state index is -0.759. The van der Waals surface area contributed by atoms with Gasteiger partial charge >= 0.3 is 6.09 Å². The van der Waals surface area contributed by atoms with Crippen molar-refractivity contribution in [2.45, 2.75) is 39.0 Å². The van der Waals surface area contributed by atoms with Gasteiger partial charge in [0.2, 0.25) is 5.91 Å². The third-order valence-electron chi connectivity index (χ3n) is 4.80. The van der Waals surface area contributed by atoms with Crippen molar-refractivity contribution < 1.29 is 19.4 Å². The van der Waals surface area contributed by atoms with E-state index in [2.05, 4.69) is 5.32 Å². The van der Waals surface area contributed by atoms with Crippen LogP contribution in [0.4, 0.5) is 10.5 Å². The van der Waals surface area contributed by atoms with Crippen LogP contribution in [0, 0.1) is 13.8 Å².